The number of H-pyrrole nitrogens is 1. The number of para-hydroxylation sites is 2. The molecule has 1 amide bonds. The minimum absolute atomic E-state index is 0.0372. The predicted molar refractivity (Wildman–Crippen MR) is 156 cm³/mol. The molecule has 40 heavy (non-hydrogen) atoms. The van der Waals surface area contributed by atoms with Crippen molar-refractivity contribution in [3.05, 3.63) is 106 Å². The molecule has 4 aromatic rings. The number of ketones is 1. The molecular formula is C33H36N4O3. The molecule has 0 radical (unpaired) electrons. The molecule has 1 N–H and O–H groups in total. The summed E-state index contributed by atoms with van der Waals surface area (Å²) in [4.78, 5) is 45.9. The number of benzene rings is 3. The van der Waals surface area contributed by atoms with Crippen molar-refractivity contribution in [1.82, 2.24) is 19.4 Å². The maximum absolute atomic E-state index is 14.1. The fraction of sp³-hybridized carbons (Fsp3) is 0.364. The smallest absolute Gasteiger partial charge is 0.326 e. The number of nitrogens with zero attached hydrogens (tertiary/aromatic N) is 3. The number of piperidine rings is 1. The first-order chi connectivity index (χ1) is 19.4. The predicted octanol–water partition coefficient (Wildman–Crippen LogP) is 4.83. The molecule has 2 fully saturated rings. The van der Waals surface area contributed by atoms with E-state index in [1.165, 1.54) is 5.56 Å². The van der Waals surface area contributed by atoms with Crippen LogP contribution in [0.15, 0.2) is 83.7 Å². The van der Waals surface area contributed by atoms with Gasteiger partial charge in [-0.3, -0.25) is 14.2 Å². The Kier molecular flexibility index (Phi) is 7.15. The summed E-state index contributed by atoms with van der Waals surface area (Å²) in [6.07, 6.45) is 2.52. The number of aryl methyl sites for hydroxylation is 1. The Morgan fingerprint density at radius 1 is 0.925 bits per heavy atom. The van der Waals surface area contributed by atoms with Crippen LogP contribution < -0.4 is 5.69 Å². The van der Waals surface area contributed by atoms with Gasteiger partial charge in [-0.2, -0.15) is 0 Å². The lowest BCUT2D eigenvalue weighted by Gasteiger charge is -2.41. The summed E-state index contributed by atoms with van der Waals surface area (Å²) in [6.45, 7) is 6.09. The molecule has 6 rings (SSSR count). The van der Waals surface area contributed by atoms with Gasteiger partial charge >= 0.3 is 5.69 Å². The van der Waals surface area contributed by atoms with E-state index in [2.05, 4.69) is 34.1 Å². The molecule has 1 spiro atoms. The van der Waals surface area contributed by atoms with Crippen molar-refractivity contribution in [1.29, 1.82) is 0 Å². The van der Waals surface area contributed by atoms with Crippen molar-refractivity contribution in [3.63, 3.8) is 0 Å². The number of amides is 1. The fourth-order valence-corrected chi connectivity index (χ4v) is 6.82. The van der Waals surface area contributed by atoms with Crippen molar-refractivity contribution < 1.29 is 9.59 Å². The molecule has 1 atom stereocenters. The van der Waals surface area contributed by atoms with Gasteiger partial charge in [-0.1, -0.05) is 60.7 Å². The van der Waals surface area contributed by atoms with Crippen LogP contribution in [0.1, 0.15) is 53.6 Å². The summed E-state index contributed by atoms with van der Waals surface area (Å²) in [7, 11) is 0. The van der Waals surface area contributed by atoms with Crippen LogP contribution in [0.3, 0.4) is 0 Å². The number of aromatic amines is 1. The highest BCUT2D eigenvalue weighted by Gasteiger charge is 2.55. The number of rotatable bonds is 8. The molecule has 1 unspecified atom stereocenters. The van der Waals surface area contributed by atoms with Crippen molar-refractivity contribution in [2.75, 3.05) is 26.2 Å². The van der Waals surface area contributed by atoms with Gasteiger partial charge in [-0.15, -0.1) is 0 Å². The van der Waals surface area contributed by atoms with E-state index in [0.717, 1.165) is 55.5 Å². The molecule has 3 aromatic carbocycles. The third-order valence-electron chi connectivity index (χ3n) is 8.98. The maximum Gasteiger partial charge on any atom is 0.326 e. The third-order valence-corrected chi connectivity index (χ3v) is 8.98. The number of carbonyl (C=O) groups is 2. The number of nitrogens with one attached hydrogen (secondary N) is 1. The Labute approximate surface area is 234 Å². The van der Waals surface area contributed by atoms with Gasteiger partial charge in [0.15, 0.2) is 5.78 Å². The van der Waals surface area contributed by atoms with Crippen LogP contribution in [0.2, 0.25) is 0 Å². The van der Waals surface area contributed by atoms with E-state index < -0.39 is 5.41 Å². The highest BCUT2D eigenvalue weighted by Crippen LogP contribution is 2.51. The zero-order valence-electron chi connectivity index (χ0n) is 23.0. The number of hydrogen-bond acceptors (Lipinski definition) is 4. The minimum Gasteiger partial charge on any atom is -0.337 e. The van der Waals surface area contributed by atoms with Gasteiger partial charge in [0.2, 0.25) is 5.91 Å². The molecule has 2 aliphatic heterocycles. The molecule has 0 saturated carbocycles. The molecule has 2 saturated heterocycles. The molecule has 1 aromatic heterocycles. The van der Waals surface area contributed by atoms with Gasteiger partial charge in [0, 0.05) is 31.1 Å². The second kappa shape index (κ2) is 10.9. The quantitative estimate of drug-likeness (QED) is 0.327. The number of aromatic nitrogens is 2. The Balaban J connectivity index is 1.15. The Morgan fingerprint density at radius 3 is 2.45 bits per heavy atom. The summed E-state index contributed by atoms with van der Waals surface area (Å²) in [5.74, 6) is 0.416. The van der Waals surface area contributed by atoms with Crippen LogP contribution in [-0.2, 0) is 17.9 Å². The zero-order chi connectivity index (χ0) is 27.7. The summed E-state index contributed by atoms with van der Waals surface area (Å²) in [5, 5.41) is 0. The van der Waals surface area contributed by atoms with Crippen molar-refractivity contribution >= 4 is 22.7 Å². The van der Waals surface area contributed by atoms with Crippen LogP contribution in [0, 0.1) is 5.41 Å². The first-order valence-corrected chi connectivity index (χ1v) is 14.3. The van der Waals surface area contributed by atoms with Crippen LogP contribution in [0.5, 0.6) is 0 Å². The summed E-state index contributed by atoms with van der Waals surface area (Å²) >= 11 is 0. The number of fused-ring (bicyclic) bond motifs is 1. The number of hydrogen-bond donors (Lipinski definition) is 1. The number of carbonyl (C=O) groups excluding carboxylic acids is 2. The highest BCUT2D eigenvalue weighted by atomic mass is 16.2. The van der Waals surface area contributed by atoms with Gasteiger partial charge in [0.25, 0.3) is 0 Å². The Hall–Kier alpha value is -3.97. The summed E-state index contributed by atoms with van der Waals surface area (Å²) in [5.41, 5.74) is 4.25. The average Bonchev–Trinajstić information content (AvgIpc) is 3.43. The molecular weight excluding hydrogens is 500 g/mol. The van der Waals surface area contributed by atoms with E-state index >= 15 is 0 Å². The Morgan fingerprint density at radius 2 is 1.68 bits per heavy atom. The van der Waals surface area contributed by atoms with Crippen molar-refractivity contribution in [2.45, 2.75) is 45.2 Å². The van der Waals surface area contributed by atoms with E-state index in [4.69, 9.17) is 0 Å². The summed E-state index contributed by atoms with van der Waals surface area (Å²) in [6, 6.07) is 25.9. The number of likely N-dealkylation sites (tertiary alicyclic amines) is 2. The topological polar surface area (TPSA) is 78.4 Å². The summed E-state index contributed by atoms with van der Waals surface area (Å²) < 4.78 is 1.83. The number of imidazole rings is 1. The molecule has 0 bridgehead atoms. The molecule has 0 aliphatic carbocycles. The SMILES string of the molecule is CC(=O)c1cccc(CN2CC(c3ccccc3)C3(CCN(CCCn4c(=O)[nH]c5ccccc54)CC3)C2=O)c1. The maximum atomic E-state index is 14.1. The van der Waals surface area contributed by atoms with Gasteiger partial charge in [0.1, 0.15) is 0 Å². The van der Waals surface area contributed by atoms with Crippen LogP contribution in [0.4, 0.5) is 0 Å². The van der Waals surface area contributed by atoms with Crippen LogP contribution in [0.25, 0.3) is 11.0 Å². The Bertz CT molecular complexity index is 1580. The van der Waals surface area contributed by atoms with E-state index in [9.17, 15) is 14.4 Å². The van der Waals surface area contributed by atoms with E-state index in [-0.39, 0.29) is 23.3 Å². The van der Waals surface area contributed by atoms with Crippen molar-refractivity contribution in [2.24, 2.45) is 5.41 Å². The minimum atomic E-state index is -0.413. The van der Waals surface area contributed by atoms with Gasteiger partial charge in [-0.05, 0) is 75.1 Å². The lowest BCUT2D eigenvalue weighted by atomic mass is 9.68. The van der Waals surface area contributed by atoms with Gasteiger partial charge in [0.05, 0.1) is 16.4 Å². The van der Waals surface area contributed by atoms with E-state index in [0.29, 0.717) is 25.2 Å². The normalized spacial score (nSPS) is 19.1. The molecule has 206 valence electrons. The van der Waals surface area contributed by atoms with Gasteiger partial charge in [-0.25, -0.2) is 4.79 Å². The molecule has 7 nitrogen and oxygen atoms in total. The third kappa shape index (κ3) is 4.90. The zero-order valence-corrected chi connectivity index (χ0v) is 23.0. The van der Waals surface area contributed by atoms with E-state index in [1.807, 2.05) is 64.1 Å². The second-order valence-corrected chi connectivity index (χ2v) is 11.4. The van der Waals surface area contributed by atoms with E-state index in [1.54, 1.807) is 6.92 Å². The van der Waals surface area contributed by atoms with Crippen molar-refractivity contribution in [3.8, 4) is 0 Å². The first-order valence-electron chi connectivity index (χ1n) is 14.3. The molecule has 3 heterocycles. The monoisotopic (exact) mass is 536 g/mol. The highest BCUT2D eigenvalue weighted by molar-refractivity contribution is 5.94. The first kappa shape index (κ1) is 26.3. The largest absolute Gasteiger partial charge is 0.337 e. The average molecular weight is 537 g/mol. The standard InChI is InChI=1S/C33H36N4O3/c1-24(38)27-12-7-9-25(21-27)22-36-23-28(26-10-3-2-4-11-26)33(31(36)39)15-19-35(20-16-33)17-8-18-37-30-14-6-5-13-29(30)34-32(37)40/h2-7,9-14,21,28H,8,15-20,22-23H2,1H3,(H,34,40). The van der Waals surface area contributed by atoms with Crippen LogP contribution in [-0.4, -0.2) is 57.2 Å². The van der Waals surface area contributed by atoms with Gasteiger partial charge < -0.3 is 14.8 Å². The number of Topliss-reactive ketones (excluding diaryl/α,β-unsaturated/α-hetero) is 1. The molecule has 2 aliphatic rings. The molecule has 7 heteroatoms. The lowest BCUT2D eigenvalue weighted by molar-refractivity contribution is -0.139. The lowest BCUT2D eigenvalue weighted by Crippen LogP contribution is -2.46. The second-order valence-electron chi connectivity index (χ2n) is 11.4. The van der Waals surface area contributed by atoms with Crippen LogP contribution >= 0.6 is 0 Å². The fourth-order valence-electron chi connectivity index (χ4n) is 6.82.